The molecule has 0 amide bonds. The van der Waals surface area contributed by atoms with Crippen LogP contribution in [-0.4, -0.2) is 48.5 Å². The number of carbonyl (C=O) groups is 2. The lowest BCUT2D eigenvalue weighted by Crippen LogP contribution is -2.52. The molecule has 0 rings (SSSR count). The van der Waals surface area contributed by atoms with E-state index in [4.69, 9.17) is 13.3 Å². The minimum atomic E-state index is -3.48. The summed E-state index contributed by atoms with van der Waals surface area (Å²) in [5.41, 5.74) is -0.836. The zero-order valence-corrected chi connectivity index (χ0v) is 10.3. The summed E-state index contributed by atoms with van der Waals surface area (Å²) in [5.74, 6) is -0.702. The van der Waals surface area contributed by atoms with E-state index in [9.17, 15) is 9.59 Å². The lowest BCUT2D eigenvalue weighted by atomic mass is 10.7. The van der Waals surface area contributed by atoms with Gasteiger partial charge < -0.3 is 22.8 Å². The molecule has 0 fully saturated rings. The second-order valence-corrected chi connectivity index (χ2v) is 5.13. The topological polar surface area (TPSA) is 80.3 Å². The van der Waals surface area contributed by atoms with Gasteiger partial charge in [0, 0.05) is 27.4 Å². The highest BCUT2D eigenvalue weighted by molar-refractivity contribution is 6.90. The van der Waals surface area contributed by atoms with Crippen LogP contribution in [0.1, 0.15) is 0 Å². The van der Waals surface area contributed by atoms with Crippen molar-refractivity contribution in [1.29, 1.82) is 0 Å². The van der Waals surface area contributed by atoms with Crippen LogP contribution >= 0.6 is 0 Å². The summed E-state index contributed by atoms with van der Waals surface area (Å²) < 4.78 is 23.6. The summed E-state index contributed by atoms with van der Waals surface area (Å²) in [6.07, 6.45) is 0.946. The zero-order chi connectivity index (χ0) is 12.6. The third-order valence-electron chi connectivity index (χ3n) is 1.61. The number of esters is 1. The lowest BCUT2D eigenvalue weighted by Gasteiger charge is -2.21. The van der Waals surface area contributed by atoms with Crippen molar-refractivity contribution in [3.05, 3.63) is 12.7 Å². The van der Waals surface area contributed by atoms with Gasteiger partial charge in [-0.3, -0.25) is 0 Å². The molecule has 0 aliphatic rings. The fourth-order valence-electron chi connectivity index (χ4n) is 0.788. The van der Waals surface area contributed by atoms with Gasteiger partial charge in [0.1, 0.15) is 0 Å². The van der Waals surface area contributed by atoms with Crippen LogP contribution in [0.5, 0.6) is 0 Å². The van der Waals surface area contributed by atoms with Crippen molar-refractivity contribution in [3.63, 3.8) is 0 Å². The molecule has 16 heavy (non-hydrogen) atoms. The van der Waals surface area contributed by atoms with E-state index >= 15 is 0 Å². The first-order valence-corrected chi connectivity index (χ1v) is 5.90. The van der Waals surface area contributed by atoms with E-state index in [1.807, 2.05) is 0 Å². The Morgan fingerprint density at radius 1 is 1.12 bits per heavy atom. The Balaban J connectivity index is 4.22. The quantitative estimate of drug-likeness (QED) is 0.277. The summed E-state index contributed by atoms with van der Waals surface area (Å²) in [7, 11) is 0.299. The van der Waals surface area contributed by atoms with Crippen molar-refractivity contribution in [1.82, 2.24) is 0 Å². The number of rotatable bonds is 7. The SMILES string of the molecule is C=CC(=O)OCOC(=O)[Si](OC)(OC)OC. The molecule has 0 spiro atoms. The Hall–Kier alpha value is -1.22. The van der Waals surface area contributed by atoms with Gasteiger partial charge in [-0.05, 0) is 0 Å². The van der Waals surface area contributed by atoms with Gasteiger partial charge in [0.05, 0.1) is 0 Å². The fourth-order valence-corrected chi connectivity index (χ4v) is 2.02. The van der Waals surface area contributed by atoms with E-state index in [2.05, 4.69) is 16.1 Å². The number of hydrogen-bond donors (Lipinski definition) is 0. The molecule has 0 aromatic rings. The zero-order valence-electron chi connectivity index (χ0n) is 9.35. The minimum Gasteiger partial charge on any atom is -0.426 e. The van der Waals surface area contributed by atoms with Crippen LogP contribution in [-0.2, 0) is 27.5 Å². The molecular weight excluding hydrogens is 236 g/mol. The maximum Gasteiger partial charge on any atom is 0.620 e. The van der Waals surface area contributed by atoms with Crippen LogP contribution in [0.2, 0.25) is 0 Å². The first-order chi connectivity index (χ1) is 7.56. The monoisotopic (exact) mass is 250 g/mol. The minimum absolute atomic E-state index is 0.547. The van der Waals surface area contributed by atoms with E-state index in [0.717, 1.165) is 6.08 Å². The van der Waals surface area contributed by atoms with E-state index in [-0.39, 0.29) is 0 Å². The molecule has 0 aromatic carbocycles. The van der Waals surface area contributed by atoms with Gasteiger partial charge in [-0.1, -0.05) is 6.58 Å². The number of hydrogen-bond acceptors (Lipinski definition) is 7. The van der Waals surface area contributed by atoms with Crippen molar-refractivity contribution in [2.45, 2.75) is 0 Å². The standard InChI is InChI=1S/C8H14O7Si/c1-5-7(9)14-6-15-8(10)16(11-2,12-3)13-4/h5H,1,6H2,2-4H3. The molecule has 0 aromatic heterocycles. The predicted octanol–water partition coefficient (Wildman–Crippen LogP) is 0.269. The molecule has 7 nitrogen and oxygen atoms in total. The summed E-state index contributed by atoms with van der Waals surface area (Å²) in [4.78, 5) is 22.1. The third-order valence-corrected chi connectivity index (χ3v) is 3.87. The van der Waals surface area contributed by atoms with E-state index in [1.165, 1.54) is 21.3 Å². The summed E-state index contributed by atoms with van der Waals surface area (Å²) in [6.45, 7) is 2.63. The highest BCUT2D eigenvalue weighted by Gasteiger charge is 2.50. The maximum absolute atomic E-state index is 11.5. The molecule has 0 N–H and O–H groups in total. The summed E-state index contributed by atoms with van der Waals surface area (Å²) in [5, 5.41) is 0. The van der Waals surface area contributed by atoms with Crippen molar-refractivity contribution < 1.29 is 32.3 Å². The molecule has 0 saturated heterocycles. The van der Waals surface area contributed by atoms with Crippen LogP contribution < -0.4 is 0 Å². The van der Waals surface area contributed by atoms with Gasteiger partial charge >= 0.3 is 20.4 Å². The molecular formula is C8H14O7Si. The normalized spacial score (nSPS) is 10.7. The first-order valence-electron chi connectivity index (χ1n) is 4.18. The Labute approximate surface area is 94.2 Å². The Morgan fingerprint density at radius 3 is 2.00 bits per heavy atom. The predicted molar refractivity (Wildman–Crippen MR) is 54.4 cm³/mol. The highest BCUT2D eigenvalue weighted by atomic mass is 28.4. The van der Waals surface area contributed by atoms with Crippen molar-refractivity contribution in [2.24, 2.45) is 0 Å². The van der Waals surface area contributed by atoms with Crippen LogP contribution in [0, 0.1) is 0 Å². The van der Waals surface area contributed by atoms with Crippen LogP contribution in [0.3, 0.4) is 0 Å². The second-order valence-electron chi connectivity index (χ2n) is 2.39. The van der Waals surface area contributed by atoms with Crippen molar-refractivity contribution >= 4 is 20.4 Å². The molecule has 92 valence electrons. The number of carbonyl (C=O) groups excluding carboxylic acids is 2. The van der Waals surface area contributed by atoms with Crippen LogP contribution in [0.4, 0.5) is 4.79 Å². The van der Waals surface area contributed by atoms with E-state index in [0.29, 0.717) is 0 Å². The average Bonchev–Trinajstić information content (AvgIpc) is 2.31. The third kappa shape index (κ3) is 3.74. The Kier molecular flexibility index (Phi) is 6.57. The molecule has 8 heteroatoms. The van der Waals surface area contributed by atoms with Gasteiger partial charge in [0.15, 0.2) is 0 Å². The van der Waals surface area contributed by atoms with Gasteiger partial charge in [-0.15, -0.1) is 0 Å². The molecule has 0 radical (unpaired) electrons. The Bertz CT molecular complexity index is 253. The van der Waals surface area contributed by atoms with Gasteiger partial charge in [0.25, 0.3) is 0 Å². The number of ether oxygens (including phenoxy) is 2. The lowest BCUT2D eigenvalue weighted by molar-refractivity contribution is -0.145. The smallest absolute Gasteiger partial charge is 0.426 e. The molecule has 0 unspecified atom stereocenters. The molecule has 0 bridgehead atoms. The van der Waals surface area contributed by atoms with Crippen LogP contribution in [0.25, 0.3) is 0 Å². The second kappa shape index (κ2) is 7.12. The van der Waals surface area contributed by atoms with Gasteiger partial charge in [-0.25, -0.2) is 9.59 Å². The van der Waals surface area contributed by atoms with E-state index < -0.39 is 27.2 Å². The summed E-state index contributed by atoms with van der Waals surface area (Å²) >= 11 is 0. The van der Waals surface area contributed by atoms with Crippen molar-refractivity contribution in [2.75, 3.05) is 28.1 Å². The molecule has 0 saturated carbocycles. The largest absolute Gasteiger partial charge is 0.620 e. The van der Waals surface area contributed by atoms with Crippen LogP contribution in [0.15, 0.2) is 12.7 Å². The van der Waals surface area contributed by atoms with E-state index in [1.54, 1.807) is 0 Å². The maximum atomic E-state index is 11.5. The van der Waals surface area contributed by atoms with Gasteiger partial charge in [0.2, 0.25) is 6.79 Å². The average molecular weight is 250 g/mol. The highest BCUT2D eigenvalue weighted by Crippen LogP contribution is 2.09. The van der Waals surface area contributed by atoms with Gasteiger partial charge in [-0.2, -0.15) is 0 Å². The van der Waals surface area contributed by atoms with Crippen molar-refractivity contribution in [3.8, 4) is 0 Å². The first kappa shape index (κ1) is 14.8. The summed E-state index contributed by atoms with van der Waals surface area (Å²) in [6, 6.07) is 0. The molecule has 0 atom stereocenters. The fraction of sp³-hybridized carbons (Fsp3) is 0.500. The Morgan fingerprint density at radius 2 is 1.62 bits per heavy atom. The molecule has 0 heterocycles. The molecule has 0 aliphatic carbocycles. The molecule has 0 aliphatic heterocycles.